The monoisotopic (exact) mass is 613 g/mol. The van der Waals surface area contributed by atoms with Crippen LogP contribution in [-0.2, 0) is 26.3 Å². The first kappa shape index (κ1) is 29.2. The van der Waals surface area contributed by atoms with Crippen LogP contribution in [0, 0.1) is 5.41 Å². The Labute approximate surface area is 242 Å². The molecule has 40 heavy (non-hydrogen) atoms. The average Bonchev–Trinajstić information content (AvgIpc) is 3.65. The third-order valence-corrected chi connectivity index (χ3v) is 7.20. The van der Waals surface area contributed by atoms with Crippen LogP contribution < -0.4 is 15.4 Å². The Morgan fingerprint density at radius 2 is 1.88 bits per heavy atom. The second-order valence-electron chi connectivity index (χ2n) is 11.4. The smallest absolute Gasteiger partial charge is 0.307 e. The summed E-state index contributed by atoms with van der Waals surface area (Å²) < 4.78 is 5.90. The number of Topliss-reactive ketones (excluding diaryl/α,β-unsaturated/α-hetero) is 1. The Kier molecular flexibility index (Phi) is 7.77. The van der Waals surface area contributed by atoms with Crippen LogP contribution in [0.5, 0.6) is 5.75 Å². The molecule has 12 heteroatoms. The van der Waals surface area contributed by atoms with Crippen LogP contribution in [0.4, 0.5) is 5.69 Å². The molecule has 2 aliphatic heterocycles. The molecule has 1 aliphatic carbocycles. The van der Waals surface area contributed by atoms with Crippen LogP contribution in [0.15, 0.2) is 24.3 Å². The number of primary amides is 1. The number of ketones is 1. The zero-order valence-corrected chi connectivity index (χ0v) is 24.2. The number of pyridine rings is 1. The standard InChI is InChI=1S/C28H31N5O6.BrH/c1-28(2,3)17-8-16(9-19-25(17)39-21(10-23(36)37)27(38)33(19)13-22(29)35)20(34)12-32-11-15-6-7-18(14-4-5-14)31-24(15)26(32)30;/h6-9,14,21,30H,4-5,10-13H2,1-3H3,(H2,29,35)(H,36,37);1H. The second-order valence-corrected chi connectivity index (χ2v) is 11.4. The Balaban J connectivity index is 0.00000370. The molecule has 212 valence electrons. The van der Waals surface area contributed by atoms with Crippen LogP contribution in [0.25, 0.3) is 0 Å². The molecule has 1 fully saturated rings. The maximum atomic E-state index is 13.6. The number of hydrogen-bond donors (Lipinski definition) is 3. The molecular weight excluding hydrogens is 582 g/mol. The first-order chi connectivity index (χ1) is 18.3. The molecule has 11 nitrogen and oxygen atoms in total. The fraction of sp³-hybridized carbons (Fsp3) is 0.429. The molecule has 0 radical (unpaired) electrons. The van der Waals surface area contributed by atoms with Gasteiger partial charge >= 0.3 is 5.97 Å². The molecular formula is C28H32BrN5O6. The number of aliphatic carboxylic acids is 1. The van der Waals surface area contributed by atoms with E-state index >= 15 is 0 Å². The van der Waals surface area contributed by atoms with Gasteiger partial charge in [-0.25, -0.2) is 4.98 Å². The number of anilines is 1. The number of ether oxygens (including phenoxy) is 1. The summed E-state index contributed by atoms with van der Waals surface area (Å²) in [5, 5.41) is 17.9. The molecule has 1 saturated carbocycles. The van der Waals surface area contributed by atoms with Crippen molar-refractivity contribution in [3.63, 3.8) is 0 Å². The predicted octanol–water partition coefficient (Wildman–Crippen LogP) is 2.91. The van der Waals surface area contributed by atoms with Gasteiger partial charge in [0.1, 0.15) is 23.8 Å². The van der Waals surface area contributed by atoms with E-state index in [9.17, 15) is 24.3 Å². The summed E-state index contributed by atoms with van der Waals surface area (Å²) in [5.41, 5.74) is 8.38. The number of benzene rings is 1. The minimum absolute atomic E-state index is 0. The number of fused-ring (bicyclic) bond motifs is 2. The van der Waals surface area contributed by atoms with Gasteiger partial charge in [0.05, 0.1) is 18.7 Å². The number of aromatic nitrogens is 1. The second kappa shape index (κ2) is 10.6. The SMILES string of the molecule is Br.CC(C)(C)c1cc(C(=O)CN2Cc3ccc(C4CC4)nc3C2=N)cc2c1OC(CC(=O)O)C(=O)N2CC(N)=O. The molecule has 0 spiro atoms. The fourth-order valence-electron chi connectivity index (χ4n) is 5.02. The van der Waals surface area contributed by atoms with E-state index in [-0.39, 0.29) is 52.1 Å². The summed E-state index contributed by atoms with van der Waals surface area (Å²) in [7, 11) is 0. The van der Waals surface area contributed by atoms with Gasteiger partial charge < -0.3 is 20.5 Å². The lowest BCUT2D eigenvalue weighted by molar-refractivity contribution is -0.142. The first-order valence-electron chi connectivity index (χ1n) is 12.9. The zero-order chi connectivity index (χ0) is 28.2. The van der Waals surface area contributed by atoms with E-state index in [4.69, 9.17) is 15.9 Å². The lowest BCUT2D eigenvalue weighted by Crippen LogP contribution is -2.50. The summed E-state index contributed by atoms with van der Waals surface area (Å²) in [6.45, 7) is 5.52. The van der Waals surface area contributed by atoms with Crippen molar-refractivity contribution in [1.82, 2.24) is 9.88 Å². The van der Waals surface area contributed by atoms with Crippen molar-refractivity contribution in [2.45, 2.75) is 64.0 Å². The fourth-order valence-corrected chi connectivity index (χ4v) is 5.02. The van der Waals surface area contributed by atoms with Gasteiger partial charge in [-0.05, 0) is 36.5 Å². The molecule has 0 bridgehead atoms. The summed E-state index contributed by atoms with van der Waals surface area (Å²) >= 11 is 0. The van der Waals surface area contributed by atoms with Crippen molar-refractivity contribution in [3.8, 4) is 5.75 Å². The van der Waals surface area contributed by atoms with Crippen molar-refractivity contribution >= 4 is 52.1 Å². The highest BCUT2D eigenvalue weighted by Gasteiger charge is 2.40. The quantitative estimate of drug-likeness (QED) is 0.382. The maximum Gasteiger partial charge on any atom is 0.307 e. The number of carbonyl (C=O) groups excluding carboxylic acids is 3. The van der Waals surface area contributed by atoms with Crippen LogP contribution in [-0.4, -0.2) is 63.6 Å². The number of amides is 2. The van der Waals surface area contributed by atoms with Gasteiger partial charge in [0, 0.05) is 34.8 Å². The van der Waals surface area contributed by atoms with Crippen molar-refractivity contribution in [2.24, 2.45) is 5.73 Å². The van der Waals surface area contributed by atoms with E-state index in [2.05, 4.69) is 4.98 Å². The molecule has 3 aliphatic rings. The number of carbonyl (C=O) groups is 4. The predicted molar refractivity (Wildman–Crippen MR) is 151 cm³/mol. The van der Waals surface area contributed by atoms with Crippen molar-refractivity contribution in [2.75, 3.05) is 18.0 Å². The van der Waals surface area contributed by atoms with E-state index < -0.39 is 42.3 Å². The first-order valence-corrected chi connectivity index (χ1v) is 12.9. The topological polar surface area (TPSA) is 167 Å². The maximum absolute atomic E-state index is 13.6. The zero-order valence-electron chi connectivity index (χ0n) is 22.5. The lowest BCUT2D eigenvalue weighted by atomic mass is 9.83. The van der Waals surface area contributed by atoms with Crippen molar-refractivity contribution in [3.05, 3.63) is 52.3 Å². The molecule has 2 amide bonds. The molecule has 1 atom stereocenters. The molecule has 0 saturated heterocycles. The van der Waals surface area contributed by atoms with Crippen LogP contribution in [0.1, 0.15) is 78.8 Å². The third kappa shape index (κ3) is 5.58. The minimum Gasteiger partial charge on any atom is -0.481 e. The van der Waals surface area contributed by atoms with E-state index in [1.165, 1.54) is 6.07 Å². The number of halogens is 1. The summed E-state index contributed by atoms with van der Waals surface area (Å²) in [5.74, 6) is -2.14. The molecule has 5 rings (SSSR count). The molecule has 1 aromatic carbocycles. The number of rotatable bonds is 8. The highest BCUT2D eigenvalue weighted by atomic mass is 79.9. The molecule has 1 unspecified atom stereocenters. The number of nitrogens with one attached hydrogen (secondary N) is 1. The van der Waals surface area contributed by atoms with Crippen LogP contribution in [0.3, 0.4) is 0 Å². The Bertz CT molecular complexity index is 1430. The van der Waals surface area contributed by atoms with Crippen molar-refractivity contribution < 1.29 is 29.0 Å². The third-order valence-electron chi connectivity index (χ3n) is 7.20. The van der Waals surface area contributed by atoms with Gasteiger partial charge in [-0.3, -0.25) is 29.5 Å². The van der Waals surface area contributed by atoms with Gasteiger partial charge in [-0.15, -0.1) is 17.0 Å². The van der Waals surface area contributed by atoms with Gasteiger partial charge in [0.15, 0.2) is 11.9 Å². The lowest BCUT2D eigenvalue weighted by Gasteiger charge is -2.37. The minimum atomic E-state index is -1.34. The van der Waals surface area contributed by atoms with Gasteiger partial charge in [0.2, 0.25) is 5.91 Å². The Morgan fingerprint density at radius 1 is 1.18 bits per heavy atom. The highest BCUT2D eigenvalue weighted by molar-refractivity contribution is 8.93. The Morgan fingerprint density at radius 3 is 2.48 bits per heavy atom. The number of amidine groups is 1. The number of nitrogens with two attached hydrogens (primary N) is 1. The van der Waals surface area contributed by atoms with Gasteiger partial charge in [0.25, 0.3) is 5.91 Å². The number of nitrogens with zero attached hydrogens (tertiary/aromatic N) is 3. The van der Waals surface area contributed by atoms with Crippen LogP contribution in [0.2, 0.25) is 0 Å². The van der Waals surface area contributed by atoms with E-state index in [1.807, 2.05) is 32.9 Å². The normalized spacial score (nSPS) is 18.0. The van der Waals surface area contributed by atoms with E-state index in [1.54, 1.807) is 11.0 Å². The van der Waals surface area contributed by atoms with Crippen LogP contribution >= 0.6 is 17.0 Å². The molecule has 4 N–H and O–H groups in total. The van der Waals surface area contributed by atoms with E-state index in [0.717, 1.165) is 29.0 Å². The van der Waals surface area contributed by atoms with Gasteiger partial charge in [-0.1, -0.05) is 26.8 Å². The molecule has 1 aromatic heterocycles. The van der Waals surface area contributed by atoms with Crippen molar-refractivity contribution in [1.29, 1.82) is 5.41 Å². The number of carboxylic acid groups (broad SMARTS) is 1. The van der Waals surface area contributed by atoms with E-state index in [0.29, 0.717) is 23.7 Å². The molecule has 3 heterocycles. The summed E-state index contributed by atoms with van der Waals surface area (Å²) in [4.78, 5) is 57.4. The average molecular weight is 614 g/mol. The highest BCUT2D eigenvalue weighted by Crippen LogP contribution is 2.44. The molecule has 2 aromatic rings. The Hall–Kier alpha value is -3.80. The summed E-state index contributed by atoms with van der Waals surface area (Å²) in [6, 6.07) is 7.12. The largest absolute Gasteiger partial charge is 0.481 e. The summed E-state index contributed by atoms with van der Waals surface area (Å²) in [6.07, 6.45) is 0.275. The number of hydrogen-bond acceptors (Lipinski definition) is 7. The number of carboxylic acids is 1. The van der Waals surface area contributed by atoms with Gasteiger partial charge in [-0.2, -0.15) is 0 Å².